The quantitative estimate of drug-likeness (QED) is 0.806. The van der Waals surface area contributed by atoms with E-state index in [2.05, 4.69) is 10.2 Å². The predicted octanol–water partition coefficient (Wildman–Crippen LogP) is 1.44. The number of nitrogens with zero attached hydrogens (tertiary/aromatic N) is 1. The van der Waals surface area contributed by atoms with Crippen LogP contribution in [0.25, 0.3) is 0 Å². The van der Waals surface area contributed by atoms with Crippen LogP contribution in [0.2, 0.25) is 0 Å². The summed E-state index contributed by atoms with van der Waals surface area (Å²) in [6.07, 6.45) is 1.81. The zero-order valence-corrected chi connectivity index (χ0v) is 11.6. The van der Waals surface area contributed by atoms with Crippen molar-refractivity contribution in [3.63, 3.8) is 0 Å². The van der Waals surface area contributed by atoms with Crippen LogP contribution >= 0.6 is 0 Å². The molecule has 0 aromatic heterocycles. The number of benzene rings is 1. The Morgan fingerprint density at radius 2 is 2.11 bits per heavy atom. The summed E-state index contributed by atoms with van der Waals surface area (Å²) >= 11 is 0. The highest BCUT2D eigenvalue weighted by atomic mass is 16.3. The van der Waals surface area contributed by atoms with Crippen LogP contribution in [-0.2, 0) is 0 Å². The summed E-state index contributed by atoms with van der Waals surface area (Å²) in [7, 11) is 1.91. The molecule has 2 rings (SSSR count). The van der Waals surface area contributed by atoms with Gasteiger partial charge >= 0.3 is 0 Å². The van der Waals surface area contributed by atoms with E-state index in [1.165, 1.54) is 0 Å². The smallest absolute Gasteiger partial charge is 0.159 e. The Balaban J connectivity index is 2.09. The van der Waals surface area contributed by atoms with E-state index >= 15 is 0 Å². The Kier molecular flexibility index (Phi) is 4.22. The molecule has 1 heterocycles. The van der Waals surface area contributed by atoms with Crippen LogP contribution in [0, 0.1) is 0 Å². The van der Waals surface area contributed by atoms with Gasteiger partial charge in [-0.25, -0.2) is 0 Å². The Morgan fingerprint density at radius 3 is 2.63 bits per heavy atom. The summed E-state index contributed by atoms with van der Waals surface area (Å²) in [4.78, 5) is 13.7. The van der Waals surface area contributed by atoms with Crippen molar-refractivity contribution < 1.29 is 9.90 Å². The van der Waals surface area contributed by atoms with E-state index in [0.717, 1.165) is 37.2 Å². The van der Waals surface area contributed by atoms with Crippen molar-refractivity contribution in [3.05, 3.63) is 29.8 Å². The number of hydrogen-bond acceptors (Lipinski definition) is 4. The van der Waals surface area contributed by atoms with Gasteiger partial charge in [-0.15, -0.1) is 0 Å². The van der Waals surface area contributed by atoms with Crippen LogP contribution in [-0.4, -0.2) is 43.2 Å². The van der Waals surface area contributed by atoms with E-state index in [1.807, 2.05) is 31.3 Å². The first-order chi connectivity index (χ1) is 9.10. The fourth-order valence-electron chi connectivity index (χ4n) is 2.60. The van der Waals surface area contributed by atoms with Gasteiger partial charge in [-0.1, -0.05) is 12.1 Å². The molecule has 2 N–H and O–H groups in total. The molecule has 4 heteroatoms. The molecule has 0 unspecified atom stereocenters. The zero-order valence-electron chi connectivity index (χ0n) is 11.6. The number of aliphatic hydroxyl groups excluding tert-OH is 1. The summed E-state index contributed by atoms with van der Waals surface area (Å²) in [6.45, 7) is 3.55. The molecule has 0 atom stereocenters. The lowest BCUT2D eigenvalue weighted by molar-refractivity contribution is 0.101. The second kappa shape index (κ2) is 5.72. The summed E-state index contributed by atoms with van der Waals surface area (Å²) in [5.41, 5.74) is 1.70. The highest BCUT2D eigenvalue weighted by Crippen LogP contribution is 2.26. The van der Waals surface area contributed by atoms with Gasteiger partial charge in [0.05, 0.1) is 6.61 Å². The average molecular weight is 262 g/mol. The molecule has 0 spiro atoms. The van der Waals surface area contributed by atoms with Crippen LogP contribution in [0.15, 0.2) is 24.3 Å². The van der Waals surface area contributed by atoms with Gasteiger partial charge in [-0.05, 0) is 38.9 Å². The molecule has 4 nitrogen and oxygen atoms in total. The molecule has 1 aliphatic rings. The van der Waals surface area contributed by atoms with Gasteiger partial charge in [0.1, 0.15) is 0 Å². The first kappa shape index (κ1) is 14.0. The molecule has 0 aliphatic carbocycles. The lowest BCUT2D eigenvalue weighted by atomic mass is 9.88. The highest BCUT2D eigenvalue weighted by Gasteiger charge is 2.32. The van der Waals surface area contributed by atoms with Gasteiger partial charge < -0.3 is 15.3 Å². The molecule has 0 bridgehead atoms. The largest absolute Gasteiger partial charge is 0.394 e. The maximum Gasteiger partial charge on any atom is 0.159 e. The number of nitrogens with one attached hydrogen (secondary N) is 1. The minimum atomic E-state index is -0.144. The fourth-order valence-corrected chi connectivity index (χ4v) is 2.60. The number of hydrogen-bond donors (Lipinski definition) is 2. The molecule has 104 valence electrons. The van der Waals surface area contributed by atoms with Gasteiger partial charge in [0.25, 0.3) is 0 Å². The number of piperidine rings is 1. The van der Waals surface area contributed by atoms with Crippen molar-refractivity contribution >= 4 is 11.5 Å². The number of carbonyl (C=O) groups excluding carboxylic acids is 1. The first-order valence-electron chi connectivity index (χ1n) is 6.76. The van der Waals surface area contributed by atoms with Gasteiger partial charge in [-0.2, -0.15) is 0 Å². The van der Waals surface area contributed by atoms with Crippen molar-refractivity contribution in [2.45, 2.75) is 25.3 Å². The molecule has 0 saturated carbocycles. The minimum absolute atomic E-state index is 0.0961. The molecule has 1 aromatic carbocycles. The Bertz CT molecular complexity index is 445. The van der Waals surface area contributed by atoms with Crippen molar-refractivity contribution in [1.82, 2.24) is 5.32 Å². The van der Waals surface area contributed by atoms with Crippen LogP contribution in [0.4, 0.5) is 5.69 Å². The normalized spacial score (nSPS) is 18.4. The second-order valence-electron chi connectivity index (χ2n) is 5.28. The summed E-state index contributed by atoms with van der Waals surface area (Å²) in [5, 5.41) is 12.7. The van der Waals surface area contributed by atoms with Gasteiger partial charge in [0.15, 0.2) is 5.78 Å². The fraction of sp³-hybridized carbons (Fsp3) is 0.533. The van der Waals surface area contributed by atoms with Gasteiger partial charge in [0, 0.05) is 29.9 Å². The molecular weight excluding hydrogens is 240 g/mol. The van der Waals surface area contributed by atoms with E-state index in [4.69, 9.17) is 0 Å². The number of anilines is 1. The van der Waals surface area contributed by atoms with E-state index in [0.29, 0.717) is 0 Å². The van der Waals surface area contributed by atoms with Gasteiger partial charge in [0.2, 0.25) is 0 Å². The zero-order chi connectivity index (χ0) is 13.9. The first-order valence-corrected chi connectivity index (χ1v) is 6.76. The number of Topliss-reactive ketones (excluding diaryl/α,β-unsaturated/α-hetero) is 1. The van der Waals surface area contributed by atoms with Crippen molar-refractivity contribution in [1.29, 1.82) is 0 Å². The number of ketones is 1. The Hall–Kier alpha value is -1.39. The third kappa shape index (κ3) is 2.96. The maximum atomic E-state index is 11.4. The van der Waals surface area contributed by atoms with Crippen LogP contribution in [0.5, 0.6) is 0 Å². The van der Waals surface area contributed by atoms with Crippen LogP contribution in [0.1, 0.15) is 30.1 Å². The maximum absolute atomic E-state index is 11.4. The molecule has 0 amide bonds. The Labute approximate surface area is 114 Å². The molecule has 0 radical (unpaired) electrons. The molecule has 1 aromatic rings. The average Bonchev–Trinajstić information content (AvgIpc) is 2.47. The minimum Gasteiger partial charge on any atom is -0.394 e. The third-order valence-corrected chi connectivity index (χ3v) is 4.17. The molecule has 1 fully saturated rings. The topological polar surface area (TPSA) is 52.6 Å². The highest BCUT2D eigenvalue weighted by molar-refractivity contribution is 5.94. The summed E-state index contributed by atoms with van der Waals surface area (Å²) < 4.78 is 0. The van der Waals surface area contributed by atoms with Crippen molar-refractivity contribution in [2.24, 2.45) is 0 Å². The second-order valence-corrected chi connectivity index (χ2v) is 5.28. The van der Waals surface area contributed by atoms with Gasteiger partial charge in [-0.3, -0.25) is 4.79 Å². The number of rotatable bonds is 4. The SMILES string of the molecule is CNC1(CO)CCN(c2cccc(C(C)=O)c2)CC1. The van der Waals surface area contributed by atoms with E-state index in [1.54, 1.807) is 6.92 Å². The monoisotopic (exact) mass is 262 g/mol. The molecule has 19 heavy (non-hydrogen) atoms. The van der Waals surface area contributed by atoms with Crippen molar-refractivity contribution in [2.75, 3.05) is 31.6 Å². The number of aliphatic hydroxyl groups is 1. The molecule has 1 aliphatic heterocycles. The molecule has 1 saturated heterocycles. The Morgan fingerprint density at radius 1 is 1.42 bits per heavy atom. The van der Waals surface area contributed by atoms with E-state index < -0.39 is 0 Å². The number of likely N-dealkylation sites (N-methyl/N-ethyl adjacent to an activating group) is 1. The third-order valence-electron chi connectivity index (χ3n) is 4.17. The lowest BCUT2D eigenvalue weighted by Gasteiger charge is -2.41. The van der Waals surface area contributed by atoms with E-state index in [-0.39, 0.29) is 17.9 Å². The standard InChI is InChI=1S/C15H22N2O2/c1-12(19)13-4-3-5-14(10-13)17-8-6-15(11-18,16-2)7-9-17/h3-5,10,16,18H,6-9,11H2,1-2H3. The van der Waals surface area contributed by atoms with Crippen molar-refractivity contribution in [3.8, 4) is 0 Å². The predicted molar refractivity (Wildman–Crippen MR) is 76.8 cm³/mol. The molecular formula is C15H22N2O2. The van der Waals surface area contributed by atoms with Crippen LogP contribution < -0.4 is 10.2 Å². The lowest BCUT2D eigenvalue weighted by Crippen LogP contribution is -2.54. The number of carbonyl (C=O) groups is 1. The summed E-state index contributed by atoms with van der Waals surface area (Å²) in [5.74, 6) is 0.0961. The summed E-state index contributed by atoms with van der Waals surface area (Å²) in [6, 6.07) is 7.77. The van der Waals surface area contributed by atoms with Crippen LogP contribution in [0.3, 0.4) is 0 Å². The van der Waals surface area contributed by atoms with E-state index in [9.17, 15) is 9.90 Å².